The van der Waals surface area contributed by atoms with Gasteiger partial charge in [-0.25, -0.2) is 13.2 Å². The molecule has 1 amide bonds. The molecule has 194 valence electrons. The van der Waals surface area contributed by atoms with Crippen LogP contribution in [0.25, 0.3) is 0 Å². The molecule has 0 unspecified atom stereocenters. The Kier molecular flexibility index (Phi) is 8.60. The maximum absolute atomic E-state index is 13.5. The summed E-state index contributed by atoms with van der Waals surface area (Å²) in [4.78, 5) is 30.7. The summed E-state index contributed by atoms with van der Waals surface area (Å²) < 4.78 is 29.5. The van der Waals surface area contributed by atoms with E-state index in [1.165, 1.54) is 11.0 Å². The molecule has 3 rings (SSSR count). The van der Waals surface area contributed by atoms with E-state index >= 15 is 0 Å². The van der Waals surface area contributed by atoms with Crippen molar-refractivity contribution in [3.05, 3.63) is 23.8 Å². The van der Waals surface area contributed by atoms with Crippen LogP contribution in [-0.4, -0.2) is 68.0 Å². The zero-order valence-corrected chi connectivity index (χ0v) is 21.1. The van der Waals surface area contributed by atoms with E-state index < -0.39 is 34.0 Å². The van der Waals surface area contributed by atoms with Gasteiger partial charge in [0.2, 0.25) is 15.9 Å². The SMILES string of the molecule is C[C@H]1CNc2c(cccc2S(=O)(=O)N[C@H](CCCN=C(N)N)C(=O)N2CC[C@H](C)C[C@H]2C(=O)O)C1. The lowest BCUT2D eigenvalue weighted by molar-refractivity contribution is -0.153. The predicted octanol–water partition coefficient (Wildman–Crippen LogP) is 0.703. The van der Waals surface area contributed by atoms with E-state index in [2.05, 4.69) is 22.0 Å². The van der Waals surface area contributed by atoms with Crippen molar-refractivity contribution in [3.63, 3.8) is 0 Å². The topological polar surface area (TPSA) is 180 Å². The summed E-state index contributed by atoms with van der Waals surface area (Å²) >= 11 is 0. The molecule has 0 aromatic heterocycles. The van der Waals surface area contributed by atoms with E-state index in [1.807, 2.05) is 13.0 Å². The second kappa shape index (κ2) is 11.3. The van der Waals surface area contributed by atoms with Crippen LogP contribution in [0.3, 0.4) is 0 Å². The van der Waals surface area contributed by atoms with Crippen LogP contribution in [0.5, 0.6) is 0 Å². The van der Waals surface area contributed by atoms with Crippen LogP contribution in [0.4, 0.5) is 5.69 Å². The molecule has 1 fully saturated rings. The molecule has 7 N–H and O–H groups in total. The first-order valence-corrected chi connectivity index (χ1v) is 13.4. The van der Waals surface area contributed by atoms with Crippen LogP contribution < -0.4 is 21.5 Å². The highest BCUT2D eigenvalue weighted by atomic mass is 32.2. The van der Waals surface area contributed by atoms with Crippen molar-refractivity contribution in [3.8, 4) is 0 Å². The minimum Gasteiger partial charge on any atom is -0.480 e. The van der Waals surface area contributed by atoms with Gasteiger partial charge in [-0.15, -0.1) is 0 Å². The number of aliphatic carboxylic acids is 1. The molecule has 35 heavy (non-hydrogen) atoms. The fourth-order valence-electron chi connectivity index (χ4n) is 4.72. The number of aliphatic imine (C=N–C) groups is 1. The van der Waals surface area contributed by atoms with Crippen molar-refractivity contribution in [1.82, 2.24) is 9.62 Å². The summed E-state index contributed by atoms with van der Waals surface area (Å²) in [6.07, 6.45) is 2.17. The first-order valence-electron chi connectivity index (χ1n) is 12.0. The average molecular weight is 509 g/mol. The lowest BCUT2D eigenvalue weighted by Crippen LogP contribution is -2.56. The number of nitrogens with zero attached hydrogens (tertiary/aromatic N) is 2. The zero-order chi connectivity index (χ0) is 25.8. The molecule has 2 heterocycles. The molecule has 1 aromatic carbocycles. The highest BCUT2D eigenvalue weighted by Gasteiger charge is 2.39. The minimum absolute atomic E-state index is 0.0750. The number of rotatable bonds is 9. The van der Waals surface area contributed by atoms with Gasteiger partial charge in [0.1, 0.15) is 17.0 Å². The Morgan fingerprint density at radius 1 is 1.29 bits per heavy atom. The third-order valence-electron chi connectivity index (χ3n) is 6.57. The molecular formula is C23H36N6O5S. The van der Waals surface area contributed by atoms with Gasteiger partial charge < -0.3 is 26.8 Å². The van der Waals surface area contributed by atoms with Gasteiger partial charge in [0, 0.05) is 19.6 Å². The Balaban J connectivity index is 1.88. The lowest BCUT2D eigenvalue weighted by Gasteiger charge is -2.38. The Bertz CT molecular complexity index is 1070. The van der Waals surface area contributed by atoms with Gasteiger partial charge in [0.15, 0.2) is 5.96 Å². The van der Waals surface area contributed by atoms with Crippen molar-refractivity contribution < 1.29 is 23.1 Å². The molecule has 0 saturated carbocycles. The first kappa shape index (κ1) is 26.7. The number of amides is 1. The van der Waals surface area contributed by atoms with Crippen molar-refractivity contribution in [2.75, 3.05) is 25.0 Å². The Hall–Kier alpha value is -2.86. The molecule has 0 radical (unpaired) electrons. The number of para-hydroxylation sites is 1. The Labute approximate surface area is 206 Å². The maximum atomic E-state index is 13.5. The van der Waals surface area contributed by atoms with Crippen LogP contribution in [0.2, 0.25) is 0 Å². The fourth-order valence-corrected chi connectivity index (χ4v) is 6.17. The van der Waals surface area contributed by atoms with Crippen LogP contribution >= 0.6 is 0 Å². The van der Waals surface area contributed by atoms with Crippen LogP contribution in [0.1, 0.15) is 45.1 Å². The molecule has 1 saturated heterocycles. The second-order valence-electron chi connectivity index (χ2n) is 9.62. The largest absolute Gasteiger partial charge is 0.480 e. The number of guanidine groups is 1. The number of carbonyl (C=O) groups is 2. The van der Waals surface area contributed by atoms with Crippen LogP contribution in [0.15, 0.2) is 28.1 Å². The number of hydrogen-bond donors (Lipinski definition) is 5. The van der Waals surface area contributed by atoms with Crippen molar-refractivity contribution in [2.45, 2.75) is 62.9 Å². The summed E-state index contributed by atoms with van der Waals surface area (Å²) in [6.45, 7) is 5.14. The third kappa shape index (κ3) is 6.63. The number of nitrogens with one attached hydrogen (secondary N) is 2. The standard InChI is InChI=1S/C23H36N6O5S/c1-14-8-10-29(18(12-14)22(31)32)21(30)17(6-4-9-26-23(24)25)28-35(33,34)19-7-3-5-16-11-15(2)13-27-20(16)19/h3,5,7,14-15,17-18,27-28H,4,6,8-13H2,1-2H3,(H,31,32)(H4,24,25,26)/t14-,15+,17+,18-/m0/s1. The number of carbonyl (C=O) groups excluding carboxylic acids is 1. The molecule has 12 heteroatoms. The van der Waals surface area contributed by atoms with E-state index in [0.717, 1.165) is 12.0 Å². The average Bonchev–Trinajstić information content (AvgIpc) is 2.79. The monoisotopic (exact) mass is 508 g/mol. The number of hydrogen-bond acceptors (Lipinski definition) is 6. The Morgan fingerprint density at radius 2 is 2.03 bits per heavy atom. The van der Waals surface area contributed by atoms with E-state index in [1.54, 1.807) is 6.07 Å². The van der Waals surface area contributed by atoms with E-state index in [-0.39, 0.29) is 36.3 Å². The summed E-state index contributed by atoms with van der Waals surface area (Å²) in [7, 11) is -4.10. The summed E-state index contributed by atoms with van der Waals surface area (Å²) in [5, 5.41) is 12.9. The second-order valence-corrected chi connectivity index (χ2v) is 11.3. The molecule has 2 aliphatic rings. The normalized spacial score (nSPS) is 23.0. The third-order valence-corrected chi connectivity index (χ3v) is 8.09. The van der Waals surface area contributed by atoms with Gasteiger partial charge in [-0.3, -0.25) is 9.79 Å². The van der Waals surface area contributed by atoms with Gasteiger partial charge in [0.25, 0.3) is 0 Å². The zero-order valence-electron chi connectivity index (χ0n) is 20.2. The number of carboxylic acids is 1. The fraction of sp³-hybridized carbons (Fsp3) is 0.609. The number of nitrogens with two attached hydrogens (primary N) is 2. The number of piperidine rings is 1. The molecule has 1 aromatic rings. The van der Waals surface area contributed by atoms with Gasteiger partial charge >= 0.3 is 5.97 Å². The van der Waals surface area contributed by atoms with Crippen molar-refractivity contribution >= 4 is 33.5 Å². The van der Waals surface area contributed by atoms with Crippen LogP contribution in [0, 0.1) is 11.8 Å². The quantitative estimate of drug-likeness (QED) is 0.184. The van der Waals surface area contributed by atoms with E-state index in [0.29, 0.717) is 37.4 Å². The number of likely N-dealkylation sites (tertiary alicyclic amines) is 1. The van der Waals surface area contributed by atoms with Crippen LogP contribution in [-0.2, 0) is 26.0 Å². The summed E-state index contributed by atoms with van der Waals surface area (Å²) in [5.41, 5.74) is 12.2. The van der Waals surface area contributed by atoms with Crippen molar-refractivity contribution in [2.24, 2.45) is 28.3 Å². The molecule has 0 bridgehead atoms. The summed E-state index contributed by atoms with van der Waals surface area (Å²) in [5.74, 6) is -1.22. The van der Waals surface area contributed by atoms with E-state index in [4.69, 9.17) is 11.5 Å². The number of anilines is 1. The van der Waals surface area contributed by atoms with Gasteiger partial charge in [-0.1, -0.05) is 26.0 Å². The van der Waals surface area contributed by atoms with Gasteiger partial charge in [-0.05, 0) is 55.6 Å². The predicted molar refractivity (Wildman–Crippen MR) is 133 cm³/mol. The number of fused-ring (bicyclic) bond motifs is 1. The molecule has 0 spiro atoms. The molecular weight excluding hydrogens is 472 g/mol. The number of benzene rings is 1. The molecule has 4 atom stereocenters. The Morgan fingerprint density at radius 3 is 2.71 bits per heavy atom. The number of carboxylic acid groups (broad SMARTS) is 1. The smallest absolute Gasteiger partial charge is 0.326 e. The minimum atomic E-state index is -4.10. The maximum Gasteiger partial charge on any atom is 0.326 e. The van der Waals surface area contributed by atoms with E-state index in [9.17, 15) is 23.1 Å². The molecule has 2 aliphatic heterocycles. The highest BCUT2D eigenvalue weighted by molar-refractivity contribution is 7.89. The number of sulfonamides is 1. The highest BCUT2D eigenvalue weighted by Crippen LogP contribution is 2.31. The first-order chi connectivity index (χ1) is 16.5. The lowest BCUT2D eigenvalue weighted by atomic mass is 9.91. The van der Waals surface area contributed by atoms with Gasteiger partial charge in [0.05, 0.1) is 5.69 Å². The van der Waals surface area contributed by atoms with Gasteiger partial charge in [-0.2, -0.15) is 4.72 Å². The van der Waals surface area contributed by atoms with Crippen molar-refractivity contribution in [1.29, 1.82) is 0 Å². The molecule has 0 aliphatic carbocycles. The summed E-state index contributed by atoms with van der Waals surface area (Å²) in [6, 6.07) is 2.94. The molecule has 11 nitrogen and oxygen atoms in total.